The predicted molar refractivity (Wildman–Crippen MR) is 251 cm³/mol. The highest BCUT2D eigenvalue weighted by molar-refractivity contribution is 7.26. The molecule has 4 heteroatoms. The van der Waals surface area contributed by atoms with Gasteiger partial charge in [-0.3, -0.25) is 0 Å². The van der Waals surface area contributed by atoms with Crippen LogP contribution in [-0.4, -0.2) is 11.5 Å². The van der Waals surface area contributed by atoms with E-state index in [1.165, 1.54) is 42.4 Å². The van der Waals surface area contributed by atoms with Gasteiger partial charge in [-0.1, -0.05) is 159 Å². The van der Waals surface area contributed by atoms with Crippen molar-refractivity contribution in [2.24, 2.45) is 9.98 Å². The first-order valence-electron chi connectivity index (χ1n) is 20.3. The minimum absolute atomic E-state index is 0.722. The van der Waals surface area contributed by atoms with Gasteiger partial charge < -0.3 is 4.42 Å². The van der Waals surface area contributed by atoms with E-state index in [9.17, 15) is 0 Å². The molecule has 0 N–H and O–H groups in total. The van der Waals surface area contributed by atoms with Crippen molar-refractivity contribution in [3.63, 3.8) is 0 Å². The van der Waals surface area contributed by atoms with Crippen LogP contribution in [0.1, 0.15) is 36.5 Å². The molecule has 0 saturated carbocycles. The summed E-state index contributed by atoms with van der Waals surface area (Å²) in [5.41, 5.74) is 15.1. The molecule has 8 aromatic carbocycles. The normalized spacial score (nSPS) is 13.3. The molecule has 0 fully saturated rings. The van der Waals surface area contributed by atoms with Crippen molar-refractivity contribution in [2.45, 2.75) is 19.8 Å². The number of hydrogen-bond acceptors (Lipinski definition) is 4. The monoisotopic (exact) mass is 774 g/mol. The Morgan fingerprint density at radius 1 is 0.492 bits per heavy atom. The van der Waals surface area contributed by atoms with E-state index < -0.39 is 0 Å². The molecule has 0 saturated heterocycles. The maximum Gasteiger partial charge on any atom is 0.160 e. The van der Waals surface area contributed by atoms with Gasteiger partial charge in [0.1, 0.15) is 11.2 Å². The summed E-state index contributed by atoms with van der Waals surface area (Å²) in [4.78, 5) is 10.7. The van der Waals surface area contributed by atoms with Gasteiger partial charge in [0.15, 0.2) is 5.84 Å². The molecule has 0 atom stereocenters. The van der Waals surface area contributed by atoms with E-state index >= 15 is 0 Å². The number of furan rings is 1. The third-order valence-corrected chi connectivity index (χ3v) is 12.8. The third kappa shape index (κ3) is 6.21. The number of benzene rings is 8. The van der Waals surface area contributed by atoms with E-state index in [-0.39, 0.29) is 0 Å². The molecule has 10 aromatic rings. The first-order valence-corrected chi connectivity index (χ1v) is 21.1. The molecule has 11 rings (SSSR count). The smallest absolute Gasteiger partial charge is 0.160 e. The Morgan fingerprint density at radius 3 is 1.92 bits per heavy atom. The van der Waals surface area contributed by atoms with Gasteiger partial charge in [0.25, 0.3) is 0 Å². The lowest BCUT2D eigenvalue weighted by molar-refractivity contribution is 0.670. The van der Waals surface area contributed by atoms with Crippen LogP contribution in [0.4, 0.5) is 0 Å². The van der Waals surface area contributed by atoms with Crippen LogP contribution in [0.15, 0.2) is 208 Å². The van der Waals surface area contributed by atoms with Gasteiger partial charge in [0, 0.05) is 59.6 Å². The number of aliphatic imine (C=N–C) groups is 2. The van der Waals surface area contributed by atoms with Crippen LogP contribution in [0, 0.1) is 0 Å². The Morgan fingerprint density at radius 2 is 1.14 bits per heavy atom. The predicted octanol–water partition coefficient (Wildman–Crippen LogP) is 15.4. The Labute approximate surface area is 347 Å². The lowest BCUT2D eigenvalue weighted by Crippen LogP contribution is -2.06. The summed E-state index contributed by atoms with van der Waals surface area (Å²) in [6.07, 6.45) is 1.58. The summed E-state index contributed by atoms with van der Waals surface area (Å²) in [7, 11) is 0. The molecule has 3 nitrogen and oxygen atoms in total. The molecular weight excluding hydrogens is 737 g/mol. The molecule has 0 radical (unpaired) electrons. The van der Waals surface area contributed by atoms with Crippen molar-refractivity contribution in [1.82, 2.24) is 0 Å². The van der Waals surface area contributed by atoms with Crippen molar-refractivity contribution in [1.29, 1.82) is 0 Å². The molecule has 0 bridgehead atoms. The van der Waals surface area contributed by atoms with Crippen LogP contribution in [-0.2, 0) is 0 Å². The number of rotatable bonds is 7. The van der Waals surface area contributed by atoms with Gasteiger partial charge in [0.05, 0.1) is 11.4 Å². The largest absolute Gasteiger partial charge is 0.455 e. The van der Waals surface area contributed by atoms with E-state index in [0.717, 1.165) is 85.4 Å². The van der Waals surface area contributed by atoms with E-state index in [2.05, 4.69) is 189 Å². The molecule has 0 amide bonds. The lowest BCUT2D eigenvalue weighted by atomic mass is 9.91. The van der Waals surface area contributed by atoms with Crippen molar-refractivity contribution < 1.29 is 4.42 Å². The summed E-state index contributed by atoms with van der Waals surface area (Å²) >= 11 is 1.85. The molecular formula is C55H38N2OS. The Balaban J connectivity index is 1.11. The summed E-state index contributed by atoms with van der Waals surface area (Å²) in [6.45, 7) is 2.23. The number of nitrogens with zero attached hydrogens (tertiary/aromatic N) is 2. The minimum atomic E-state index is 0.722. The molecule has 0 aliphatic carbocycles. The number of allylic oxidation sites excluding steroid dienone is 1. The third-order valence-electron chi connectivity index (χ3n) is 11.6. The highest BCUT2D eigenvalue weighted by Crippen LogP contribution is 2.48. The molecule has 3 heterocycles. The summed E-state index contributed by atoms with van der Waals surface area (Å²) in [6, 6.07) is 66.9. The topological polar surface area (TPSA) is 37.9 Å². The van der Waals surface area contributed by atoms with Crippen molar-refractivity contribution >= 4 is 70.7 Å². The number of amidine groups is 1. The average Bonchev–Trinajstić information content (AvgIpc) is 3.82. The molecule has 2 aromatic heterocycles. The van der Waals surface area contributed by atoms with Gasteiger partial charge in [-0.2, -0.15) is 0 Å². The molecule has 280 valence electrons. The second-order valence-electron chi connectivity index (χ2n) is 15.1. The van der Waals surface area contributed by atoms with E-state index in [0.29, 0.717) is 0 Å². The highest BCUT2D eigenvalue weighted by Gasteiger charge is 2.23. The molecule has 59 heavy (non-hydrogen) atoms. The second kappa shape index (κ2) is 14.7. The van der Waals surface area contributed by atoms with Crippen LogP contribution in [0.3, 0.4) is 0 Å². The Hall–Kier alpha value is -7.14. The van der Waals surface area contributed by atoms with E-state index in [1.54, 1.807) is 0 Å². The Bertz CT molecular complexity index is 3320. The quantitative estimate of drug-likeness (QED) is 0.159. The molecule has 1 aliphatic heterocycles. The van der Waals surface area contributed by atoms with Crippen LogP contribution in [0.25, 0.3) is 81.2 Å². The first-order chi connectivity index (χ1) is 29.2. The molecule has 1 aliphatic rings. The van der Waals surface area contributed by atoms with Crippen LogP contribution < -0.4 is 0 Å². The average molecular weight is 775 g/mol. The van der Waals surface area contributed by atoms with Crippen LogP contribution >= 0.6 is 11.3 Å². The number of hydrogen-bond donors (Lipinski definition) is 0. The van der Waals surface area contributed by atoms with Gasteiger partial charge in [-0.25, -0.2) is 9.98 Å². The minimum Gasteiger partial charge on any atom is -0.455 e. The van der Waals surface area contributed by atoms with Crippen molar-refractivity contribution in [3.8, 4) is 33.4 Å². The van der Waals surface area contributed by atoms with E-state index in [1.807, 2.05) is 17.4 Å². The van der Waals surface area contributed by atoms with Gasteiger partial charge in [-0.15, -0.1) is 11.3 Å². The standard InChI is InChI=1S/C55H38N2OS/c1-2-35-34-48(37-19-8-4-9-20-37)56-55(38-21-10-5-11-22-38)57-52(35)40-24-16-23-39(31-40)42-29-30-44(53-51(42)45-26-12-14-27-49(45)58-53)47-33-41(36-17-6-3-7-18-36)32-46-43-25-13-15-28-50(43)59-54(46)47/h3-33H,2,34H2,1H3. The SMILES string of the molecule is CCC1=C(c2cccc(-c3ccc(-c4cc(-c5ccccc5)cc5c4sc4ccccc45)c4oc5ccccc5c34)c2)N=C(c2ccccc2)N=C(c2ccccc2)C1. The van der Waals surface area contributed by atoms with Crippen molar-refractivity contribution in [3.05, 3.63) is 210 Å². The number of para-hydroxylation sites is 1. The maximum absolute atomic E-state index is 6.94. The van der Waals surface area contributed by atoms with Gasteiger partial charge in [-0.05, 0) is 76.2 Å². The highest BCUT2D eigenvalue weighted by atomic mass is 32.1. The molecule has 0 unspecified atom stereocenters. The van der Waals surface area contributed by atoms with E-state index in [4.69, 9.17) is 14.4 Å². The lowest BCUT2D eigenvalue weighted by Gasteiger charge is -2.14. The van der Waals surface area contributed by atoms with Crippen molar-refractivity contribution in [2.75, 3.05) is 0 Å². The van der Waals surface area contributed by atoms with Gasteiger partial charge >= 0.3 is 0 Å². The fourth-order valence-corrected chi connectivity index (χ4v) is 9.89. The summed E-state index contributed by atoms with van der Waals surface area (Å²) < 4.78 is 9.48. The van der Waals surface area contributed by atoms with Crippen LogP contribution in [0.5, 0.6) is 0 Å². The second-order valence-corrected chi connectivity index (χ2v) is 16.2. The zero-order chi connectivity index (χ0) is 39.3. The summed E-state index contributed by atoms with van der Waals surface area (Å²) in [5.74, 6) is 0.728. The first kappa shape index (κ1) is 35.1. The number of fused-ring (bicyclic) bond motifs is 6. The Kier molecular flexibility index (Phi) is 8.71. The fourth-order valence-electron chi connectivity index (χ4n) is 8.68. The maximum atomic E-state index is 6.94. The van der Waals surface area contributed by atoms with Gasteiger partial charge in [0.2, 0.25) is 0 Å². The number of thiophene rings is 1. The zero-order valence-electron chi connectivity index (χ0n) is 32.5. The summed E-state index contributed by atoms with van der Waals surface area (Å²) in [5, 5.41) is 4.76. The molecule has 0 spiro atoms. The van der Waals surface area contributed by atoms with Crippen LogP contribution in [0.2, 0.25) is 0 Å². The fraction of sp³-hybridized carbons (Fsp3) is 0.0545. The zero-order valence-corrected chi connectivity index (χ0v) is 33.3.